The third-order valence-electron chi connectivity index (χ3n) is 4.13. The SMILES string of the molecule is NC(=O)C1=NC=C(N2CCCCC2)NC1(N)Nc1ccc(F)cc1. The molecule has 6 N–H and O–H groups in total. The van der Waals surface area contributed by atoms with Crippen LogP contribution in [-0.2, 0) is 4.79 Å². The molecule has 2 aliphatic rings. The second-order valence-electron chi connectivity index (χ2n) is 5.97. The Kier molecular flexibility index (Phi) is 4.39. The van der Waals surface area contributed by atoms with Gasteiger partial charge in [-0.15, -0.1) is 0 Å². The zero-order valence-corrected chi connectivity index (χ0v) is 13.3. The molecule has 2 heterocycles. The Balaban J connectivity index is 1.86. The van der Waals surface area contributed by atoms with E-state index in [-0.39, 0.29) is 11.5 Å². The van der Waals surface area contributed by atoms with Gasteiger partial charge in [-0.3, -0.25) is 10.5 Å². The zero-order valence-electron chi connectivity index (χ0n) is 13.3. The van der Waals surface area contributed by atoms with Crippen LogP contribution in [0.4, 0.5) is 10.1 Å². The molecule has 0 bridgehead atoms. The van der Waals surface area contributed by atoms with Crippen LogP contribution in [0.25, 0.3) is 0 Å². The van der Waals surface area contributed by atoms with Gasteiger partial charge in [-0.25, -0.2) is 9.38 Å². The average molecular weight is 332 g/mol. The summed E-state index contributed by atoms with van der Waals surface area (Å²) in [6, 6.07) is 5.67. The summed E-state index contributed by atoms with van der Waals surface area (Å²) in [6.07, 6.45) is 4.95. The van der Waals surface area contributed by atoms with Crippen LogP contribution in [0.2, 0.25) is 0 Å². The predicted octanol–water partition coefficient (Wildman–Crippen LogP) is 0.664. The van der Waals surface area contributed by atoms with Crippen LogP contribution in [-0.4, -0.2) is 35.4 Å². The number of primary amides is 1. The van der Waals surface area contributed by atoms with Crippen LogP contribution in [0, 0.1) is 5.82 Å². The highest BCUT2D eigenvalue weighted by atomic mass is 19.1. The van der Waals surface area contributed by atoms with Crippen molar-refractivity contribution in [2.75, 3.05) is 18.4 Å². The molecule has 1 aromatic carbocycles. The largest absolute Gasteiger partial charge is 0.364 e. The van der Waals surface area contributed by atoms with Crippen LogP contribution in [0.5, 0.6) is 0 Å². The first kappa shape index (κ1) is 16.3. The van der Waals surface area contributed by atoms with Gasteiger partial charge in [0, 0.05) is 18.8 Å². The van der Waals surface area contributed by atoms with Gasteiger partial charge in [0.15, 0.2) is 5.71 Å². The summed E-state index contributed by atoms with van der Waals surface area (Å²) in [5.74, 6) is -1.82. The Bertz CT molecular complexity index is 680. The minimum Gasteiger partial charge on any atom is -0.364 e. The third kappa shape index (κ3) is 3.33. The molecule has 1 unspecified atom stereocenters. The topological polar surface area (TPSA) is 109 Å². The van der Waals surface area contributed by atoms with E-state index in [1.165, 1.54) is 30.7 Å². The van der Waals surface area contributed by atoms with Crippen molar-refractivity contribution < 1.29 is 9.18 Å². The number of aliphatic imine (C=N–C) groups is 1. The first-order valence-corrected chi connectivity index (χ1v) is 7.92. The molecule has 0 spiro atoms. The summed E-state index contributed by atoms with van der Waals surface area (Å²) in [5, 5.41) is 6.11. The van der Waals surface area contributed by atoms with E-state index < -0.39 is 11.7 Å². The van der Waals surface area contributed by atoms with E-state index in [4.69, 9.17) is 11.5 Å². The molecule has 7 nitrogen and oxygen atoms in total. The Morgan fingerprint density at radius 3 is 2.54 bits per heavy atom. The quantitative estimate of drug-likeness (QED) is 0.606. The summed E-state index contributed by atoms with van der Waals surface area (Å²) in [4.78, 5) is 18.0. The number of carbonyl (C=O) groups is 1. The van der Waals surface area contributed by atoms with Gasteiger partial charge >= 0.3 is 0 Å². The average Bonchev–Trinajstić information content (AvgIpc) is 2.57. The number of rotatable bonds is 4. The highest BCUT2D eigenvalue weighted by Crippen LogP contribution is 2.20. The maximum absolute atomic E-state index is 13.1. The second kappa shape index (κ2) is 6.48. The monoisotopic (exact) mass is 332 g/mol. The number of piperidine rings is 1. The van der Waals surface area contributed by atoms with Gasteiger partial charge in [0.1, 0.15) is 11.6 Å². The standard InChI is InChI=1S/C16H21FN6O/c17-11-4-6-12(7-5-11)21-16(19)14(15(18)24)20-10-13(22-16)23-8-2-1-3-9-23/h4-7,10,21-22H,1-3,8-9,19H2,(H2,18,24). The maximum Gasteiger partial charge on any atom is 0.269 e. The van der Waals surface area contributed by atoms with Crippen molar-refractivity contribution in [2.24, 2.45) is 16.5 Å². The molecule has 24 heavy (non-hydrogen) atoms. The highest BCUT2D eigenvalue weighted by molar-refractivity contribution is 6.42. The van der Waals surface area contributed by atoms with Crippen molar-refractivity contribution in [1.82, 2.24) is 10.2 Å². The normalized spacial score (nSPS) is 23.8. The number of nitrogens with two attached hydrogens (primary N) is 2. The maximum atomic E-state index is 13.1. The number of amides is 1. The lowest BCUT2D eigenvalue weighted by atomic mass is 10.1. The van der Waals surface area contributed by atoms with Crippen molar-refractivity contribution >= 4 is 17.3 Å². The minimum atomic E-state index is -1.47. The van der Waals surface area contributed by atoms with Gasteiger partial charge in [-0.1, -0.05) is 0 Å². The predicted molar refractivity (Wildman–Crippen MR) is 90.2 cm³/mol. The molecule has 1 atom stereocenters. The Hall–Kier alpha value is -2.61. The molecular weight excluding hydrogens is 311 g/mol. The minimum absolute atomic E-state index is 0.0346. The van der Waals surface area contributed by atoms with Gasteiger partial charge in [0.25, 0.3) is 5.91 Å². The lowest BCUT2D eigenvalue weighted by Gasteiger charge is -2.40. The van der Waals surface area contributed by atoms with E-state index in [0.29, 0.717) is 5.69 Å². The fourth-order valence-electron chi connectivity index (χ4n) is 2.93. The zero-order chi connectivity index (χ0) is 17.2. The molecule has 3 rings (SSSR count). The number of likely N-dealkylation sites (tertiary alicyclic amines) is 1. The smallest absolute Gasteiger partial charge is 0.269 e. The van der Waals surface area contributed by atoms with Crippen LogP contribution >= 0.6 is 0 Å². The summed E-state index contributed by atoms with van der Waals surface area (Å²) < 4.78 is 13.1. The van der Waals surface area contributed by atoms with Crippen LogP contribution in [0.3, 0.4) is 0 Å². The third-order valence-corrected chi connectivity index (χ3v) is 4.13. The fourth-order valence-corrected chi connectivity index (χ4v) is 2.93. The molecule has 0 saturated carbocycles. The van der Waals surface area contributed by atoms with Gasteiger partial charge in [0.2, 0.25) is 5.79 Å². The summed E-state index contributed by atoms with van der Waals surface area (Å²) in [7, 11) is 0. The van der Waals surface area contributed by atoms with Gasteiger partial charge in [0.05, 0.1) is 6.20 Å². The van der Waals surface area contributed by atoms with Gasteiger partial charge in [-0.2, -0.15) is 0 Å². The van der Waals surface area contributed by atoms with Crippen molar-refractivity contribution in [1.29, 1.82) is 0 Å². The Morgan fingerprint density at radius 2 is 1.92 bits per heavy atom. The highest BCUT2D eigenvalue weighted by Gasteiger charge is 2.39. The first-order valence-electron chi connectivity index (χ1n) is 7.92. The number of benzene rings is 1. The van der Waals surface area contributed by atoms with Crippen molar-refractivity contribution in [2.45, 2.75) is 25.0 Å². The van der Waals surface area contributed by atoms with E-state index >= 15 is 0 Å². The number of nitrogens with zero attached hydrogens (tertiary/aromatic N) is 2. The molecule has 1 amide bonds. The van der Waals surface area contributed by atoms with E-state index in [2.05, 4.69) is 20.5 Å². The van der Waals surface area contributed by atoms with Gasteiger partial charge in [-0.05, 0) is 43.5 Å². The van der Waals surface area contributed by atoms with Crippen molar-refractivity contribution in [3.63, 3.8) is 0 Å². The molecule has 0 aromatic heterocycles. The van der Waals surface area contributed by atoms with E-state index in [1.54, 1.807) is 6.20 Å². The number of nitrogens with one attached hydrogen (secondary N) is 2. The molecule has 1 saturated heterocycles. The summed E-state index contributed by atoms with van der Waals surface area (Å²) >= 11 is 0. The molecule has 128 valence electrons. The number of hydrogen-bond acceptors (Lipinski definition) is 6. The lowest BCUT2D eigenvalue weighted by molar-refractivity contribution is -0.112. The van der Waals surface area contributed by atoms with E-state index in [1.807, 2.05) is 0 Å². The molecule has 1 fully saturated rings. The number of carbonyl (C=O) groups excluding carboxylic acids is 1. The van der Waals surface area contributed by atoms with Crippen LogP contribution < -0.4 is 22.1 Å². The number of anilines is 1. The van der Waals surface area contributed by atoms with Crippen molar-refractivity contribution in [3.8, 4) is 0 Å². The van der Waals surface area contributed by atoms with Crippen molar-refractivity contribution in [3.05, 3.63) is 42.1 Å². The molecule has 0 radical (unpaired) electrons. The molecule has 8 heteroatoms. The van der Waals surface area contributed by atoms with Crippen LogP contribution in [0.15, 0.2) is 41.3 Å². The molecule has 0 aliphatic carbocycles. The summed E-state index contributed by atoms with van der Waals surface area (Å²) in [6.45, 7) is 1.79. The summed E-state index contributed by atoms with van der Waals surface area (Å²) in [5.41, 5.74) is 12.3. The molecule has 2 aliphatic heterocycles. The van der Waals surface area contributed by atoms with E-state index in [9.17, 15) is 9.18 Å². The van der Waals surface area contributed by atoms with E-state index in [0.717, 1.165) is 31.8 Å². The number of halogens is 1. The molecule has 1 aromatic rings. The number of hydrogen-bond donors (Lipinski definition) is 4. The Labute approximate surface area is 139 Å². The fraction of sp³-hybridized carbons (Fsp3) is 0.375. The second-order valence-corrected chi connectivity index (χ2v) is 5.97. The lowest BCUT2D eigenvalue weighted by Crippen LogP contribution is -2.69. The molecular formula is C16H21FN6O. The Morgan fingerprint density at radius 1 is 1.25 bits per heavy atom. The van der Waals surface area contributed by atoms with Gasteiger partial charge < -0.3 is 21.3 Å². The van der Waals surface area contributed by atoms with Crippen LogP contribution in [0.1, 0.15) is 19.3 Å². The first-order chi connectivity index (χ1) is 11.5.